The molecule has 1 atom stereocenters. The van der Waals surface area contributed by atoms with E-state index in [1.54, 1.807) is 22.6 Å². The van der Waals surface area contributed by atoms with Crippen LogP contribution in [0.4, 0.5) is 9.93 Å². The Morgan fingerprint density at radius 3 is 3.00 bits per heavy atom. The van der Waals surface area contributed by atoms with Crippen LogP contribution in [-0.2, 0) is 11.3 Å². The lowest BCUT2D eigenvalue weighted by Gasteiger charge is -2.14. The van der Waals surface area contributed by atoms with Crippen molar-refractivity contribution in [3.8, 4) is 0 Å². The molecule has 3 amide bonds. The lowest BCUT2D eigenvalue weighted by molar-refractivity contribution is -0.115. The van der Waals surface area contributed by atoms with Crippen LogP contribution in [0.2, 0.25) is 0 Å². The molecule has 0 radical (unpaired) electrons. The fraction of sp³-hybridized carbons (Fsp3) is 0.364. The van der Waals surface area contributed by atoms with Crippen LogP contribution in [0.3, 0.4) is 0 Å². The Hall–Kier alpha value is -2.49. The minimum absolute atomic E-state index is 0.124. The summed E-state index contributed by atoms with van der Waals surface area (Å²) in [6.07, 6.45) is 4.58. The first-order chi connectivity index (χ1) is 10.1. The van der Waals surface area contributed by atoms with Crippen molar-refractivity contribution >= 4 is 28.4 Å². The number of anilines is 1. The second-order valence-electron chi connectivity index (χ2n) is 4.23. The largest absolute Gasteiger partial charge is 0.334 e. The Morgan fingerprint density at radius 2 is 2.33 bits per heavy atom. The second-order valence-corrected chi connectivity index (χ2v) is 5.13. The Balaban J connectivity index is 1.66. The molecule has 2 aromatic heterocycles. The molecule has 0 unspecified atom stereocenters. The quantitative estimate of drug-likeness (QED) is 0.698. The van der Waals surface area contributed by atoms with Crippen molar-refractivity contribution in [2.24, 2.45) is 0 Å². The maximum Gasteiger partial charge on any atom is 0.315 e. The standard InChI is InChI=1S/C11H15N7O2S/c1-8(5-18-7-12-6-15-18)16-10(20)14-4-9(19)17-11-13-2-3-21-11/h2-3,6-8H,4-5H2,1H3,(H,13,17,19)(H2,14,16,20)/t8-/m0/s1. The first-order valence-electron chi connectivity index (χ1n) is 6.19. The summed E-state index contributed by atoms with van der Waals surface area (Å²) in [7, 11) is 0. The zero-order valence-electron chi connectivity index (χ0n) is 11.3. The molecule has 2 rings (SSSR count). The molecule has 9 nitrogen and oxygen atoms in total. The normalized spacial score (nSPS) is 11.7. The molecule has 21 heavy (non-hydrogen) atoms. The van der Waals surface area contributed by atoms with Crippen molar-refractivity contribution < 1.29 is 9.59 Å². The molecule has 112 valence electrons. The molecule has 0 fully saturated rings. The fourth-order valence-electron chi connectivity index (χ4n) is 1.54. The van der Waals surface area contributed by atoms with Crippen molar-refractivity contribution in [3.63, 3.8) is 0 Å². The van der Waals surface area contributed by atoms with Crippen molar-refractivity contribution in [3.05, 3.63) is 24.2 Å². The molecule has 10 heteroatoms. The third kappa shape index (κ3) is 5.18. The van der Waals surface area contributed by atoms with E-state index in [1.807, 2.05) is 6.92 Å². The summed E-state index contributed by atoms with van der Waals surface area (Å²) in [5.41, 5.74) is 0. The van der Waals surface area contributed by atoms with Crippen LogP contribution >= 0.6 is 11.3 Å². The Bertz CT molecular complexity index is 569. The number of urea groups is 1. The van der Waals surface area contributed by atoms with Gasteiger partial charge in [-0.15, -0.1) is 11.3 Å². The molecule has 2 heterocycles. The van der Waals surface area contributed by atoms with Gasteiger partial charge in [-0.1, -0.05) is 0 Å². The first kappa shape index (κ1) is 14.9. The number of nitrogens with zero attached hydrogens (tertiary/aromatic N) is 4. The molecule has 0 saturated carbocycles. The zero-order valence-corrected chi connectivity index (χ0v) is 12.1. The SMILES string of the molecule is C[C@@H](Cn1cncn1)NC(=O)NCC(=O)Nc1nccs1. The topological polar surface area (TPSA) is 114 Å². The van der Waals surface area contributed by atoms with Gasteiger partial charge >= 0.3 is 6.03 Å². The lowest BCUT2D eigenvalue weighted by Crippen LogP contribution is -2.45. The van der Waals surface area contributed by atoms with Gasteiger partial charge in [0.05, 0.1) is 13.1 Å². The number of aromatic nitrogens is 4. The highest BCUT2D eigenvalue weighted by Crippen LogP contribution is 2.09. The van der Waals surface area contributed by atoms with Gasteiger partial charge in [0.1, 0.15) is 12.7 Å². The molecule has 0 aliphatic carbocycles. The number of rotatable bonds is 6. The van der Waals surface area contributed by atoms with E-state index in [0.717, 1.165) is 0 Å². The van der Waals surface area contributed by atoms with Gasteiger partial charge in [0.25, 0.3) is 0 Å². The van der Waals surface area contributed by atoms with Crippen LogP contribution in [0.25, 0.3) is 0 Å². The second kappa shape index (κ2) is 7.33. The molecular formula is C11H15N7O2S. The van der Waals surface area contributed by atoms with Crippen LogP contribution < -0.4 is 16.0 Å². The van der Waals surface area contributed by atoms with E-state index in [1.165, 1.54) is 17.7 Å². The number of nitrogens with one attached hydrogen (secondary N) is 3. The highest BCUT2D eigenvalue weighted by Gasteiger charge is 2.10. The highest BCUT2D eigenvalue weighted by atomic mass is 32.1. The summed E-state index contributed by atoms with van der Waals surface area (Å²) in [5, 5.41) is 13.9. The fourth-order valence-corrected chi connectivity index (χ4v) is 2.08. The van der Waals surface area contributed by atoms with E-state index in [0.29, 0.717) is 11.7 Å². The number of hydrogen-bond donors (Lipinski definition) is 3. The van der Waals surface area contributed by atoms with Gasteiger partial charge in [-0.2, -0.15) is 5.10 Å². The number of hydrogen-bond acceptors (Lipinski definition) is 6. The Morgan fingerprint density at radius 1 is 1.48 bits per heavy atom. The highest BCUT2D eigenvalue weighted by molar-refractivity contribution is 7.13. The van der Waals surface area contributed by atoms with Gasteiger partial charge < -0.3 is 16.0 Å². The van der Waals surface area contributed by atoms with E-state index in [4.69, 9.17) is 0 Å². The Kier molecular flexibility index (Phi) is 5.21. The van der Waals surface area contributed by atoms with E-state index >= 15 is 0 Å². The van der Waals surface area contributed by atoms with E-state index in [2.05, 4.69) is 31.0 Å². The van der Waals surface area contributed by atoms with E-state index in [9.17, 15) is 9.59 Å². The van der Waals surface area contributed by atoms with Crippen LogP contribution in [0, 0.1) is 0 Å². The number of carbonyl (C=O) groups excluding carboxylic acids is 2. The van der Waals surface area contributed by atoms with Gasteiger partial charge in [-0.25, -0.2) is 14.8 Å². The summed E-state index contributed by atoms with van der Waals surface area (Å²) in [6, 6.07) is -0.564. The number of amides is 3. The molecule has 0 spiro atoms. The molecule has 0 aliphatic rings. The minimum atomic E-state index is -0.420. The summed E-state index contributed by atoms with van der Waals surface area (Å²) >= 11 is 1.31. The summed E-state index contributed by atoms with van der Waals surface area (Å²) < 4.78 is 1.61. The first-order valence-corrected chi connectivity index (χ1v) is 7.07. The summed E-state index contributed by atoms with van der Waals surface area (Å²) in [6.45, 7) is 2.21. The molecule has 0 saturated heterocycles. The molecule has 3 N–H and O–H groups in total. The smallest absolute Gasteiger partial charge is 0.315 e. The average molecular weight is 309 g/mol. The van der Waals surface area contributed by atoms with Gasteiger partial charge in [-0.05, 0) is 6.92 Å². The Labute approximate surface area is 124 Å². The van der Waals surface area contributed by atoms with Gasteiger partial charge in [-0.3, -0.25) is 9.48 Å². The third-order valence-corrected chi connectivity index (χ3v) is 3.08. The monoisotopic (exact) mass is 309 g/mol. The molecule has 2 aromatic rings. The number of thiazole rings is 1. The van der Waals surface area contributed by atoms with Crippen LogP contribution in [0.15, 0.2) is 24.2 Å². The summed E-state index contributed by atoms with van der Waals surface area (Å²) in [5.74, 6) is -0.330. The molecule has 0 bridgehead atoms. The number of carbonyl (C=O) groups is 2. The van der Waals surface area contributed by atoms with E-state index < -0.39 is 6.03 Å². The van der Waals surface area contributed by atoms with Crippen LogP contribution in [0.1, 0.15) is 6.92 Å². The summed E-state index contributed by atoms with van der Waals surface area (Å²) in [4.78, 5) is 30.9. The van der Waals surface area contributed by atoms with Crippen molar-refractivity contribution in [1.82, 2.24) is 30.4 Å². The maximum atomic E-state index is 11.6. The predicted molar refractivity (Wildman–Crippen MR) is 76.8 cm³/mol. The minimum Gasteiger partial charge on any atom is -0.334 e. The van der Waals surface area contributed by atoms with Crippen molar-refractivity contribution in [2.75, 3.05) is 11.9 Å². The third-order valence-electron chi connectivity index (χ3n) is 2.39. The van der Waals surface area contributed by atoms with Crippen LogP contribution in [0.5, 0.6) is 0 Å². The predicted octanol–water partition coefficient (Wildman–Crippen LogP) is 0.0610. The van der Waals surface area contributed by atoms with Gasteiger partial charge in [0.2, 0.25) is 5.91 Å². The zero-order chi connectivity index (χ0) is 15.1. The van der Waals surface area contributed by atoms with Crippen molar-refractivity contribution in [2.45, 2.75) is 19.5 Å². The lowest BCUT2D eigenvalue weighted by atomic mass is 10.3. The molecular weight excluding hydrogens is 294 g/mol. The average Bonchev–Trinajstić information content (AvgIpc) is 3.10. The van der Waals surface area contributed by atoms with E-state index in [-0.39, 0.29) is 18.5 Å². The molecule has 0 aliphatic heterocycles. The van der Waals surface area contributed by atoms with Gasteiger partial charge in [0.15, 0.2) is 5.13 Å². The van der Waals surface area contributed by atoms with Gasteiger partial charge in [0, 0.05) is 17.6 Å². The van der Waals surface area contributed by atoms with Crippen LogP contribution in [-0.4, -0.2) is 44.3 Å². The van der Waals surface area contributed by atoms with Crippen molar-refractivity contribution in [1.29, 1.82) is 0 Å². The molecule has 0 aromatic carbocycles. The maximum absolute atomic E-state index is 11.6.